The number of Topliss-reactive ketones (excluding diaryl/α,β-unsaturated/α-hetero) is 1. The van der Waals surface area contributed by atoms with Crippen molar-refractivity contribution >= 4 is 28.4 Å². The highest BCUT2D eigenvalue weighted by molar-refractivity contribution is 6.06. The number of hydrogen-bond donors (Lipinski definition) is 1. The molecule has 0 fully saturated rings. The first kappa shape index (κ1) is 20.2. The smallest absolute Gasteiger partial charge is 0.265 e. The maximum absolute atomic E-state index is 13.3. The molecule has 2 aromatic carbocycles. The van der Waals surface area contributed by atoms with Crippen molar-refractivity contribution in [1.29, 1.82) is 0 Å². The SMILES string of the molecule is CC(=O)c1cccc(NC(=O)c2cc3cccnc3n(Cc3ccc(F)cc3)c2=O)c1. The predicted octanol–water partition coefficient (Wildman–Crippen LogP) is 4.04. The molecule has 31 heavy (non-hydrogen) atoms. The number of pyridine rings is 2. The van der Waals surface area contributed by atoms with Crippen molar-refractivity contribution in [3.05, 3.63) is 106 Å². The number of aromatic nitrogens is 2. The van der Waals surface area contributed by atoms with E-state index in [2.05, 4.69) is 10.3 Å². The number of hydrogen-bond acceptors (Lipinski definition) is 4. The van der Waals surface area contributed by atoms with E-state index in [0.717, 1.165) is 0 Å². The molecule has 0 unspecified atom stereocenters. The lowest BCUT2D eigenvalue weighted by atomic mass is 10.1. The van der Waals surface area contributed by atoms with Gasteiger partial charge in [-0.25, -0.2) is 9.37 Å². The Hall–Kier alpha value is -4.13. The summed E-state index contributed by atoms with van der Waals surface area (Å²) in [5, 5.41) is 3.30. The Morgan fingerprint density at radius 2 is 1.81 bits per heavy atom. The van der Waals surface area contributed by atoms with Gasteiger partial charge in [-0.3, -0.25) is 19.0 Å². The van der Waals surface area contributed by atoms with Crippen molar-refractivity contribution in [2.24, 2.45) is 0 Å². The number of nitrogens with zero attached hydrogens (tertiary/aromatic N) is 2. The molecule has 0 spiro atoms. The van der Waals surface area contributed by atoms with E-state index in [1.54, 1.807) is 54.7 Å². The molecule has 2 heterocycles. The maximum Gasteiger partial charge on any atom is 0.265 e. The van der Waals surface area contributed by atoms with E-state index >= 15 is 0 Å². The molecule has 0 bridgehead atoms. The largest absolute Gasteiger partial charge is 0.322 e. The second-order valence-corrected chi connectivity index (χ2v) is 7.08. The third-order valence-electron chi connectivity index (χ3n) is 4.87. The lowest BCUT2D eigenvalue weighted by Gasteiger charge is -2.13. The summed E-state index contributed by atoms with van der Waals surface area (Å²) in [6.45, 7) is 1.57. The molecule has 0 aliphatic rings. The van der Waals surface area contributed by atoms with Crippen LogP contribution in [0.4, 0.5) is 10.1 Å². The number of fused-ring (bicyclic) bond motifs is 1. The molecule has 1 N–H and O–H groups in total. The Bertz CT molecular complexity index is 1360. The Kier molecular flexibility index (Phi) is 5.41. The van der Waals surface area contributed by atoms with Crippen LogP contribution >= 0.6 is 0 Å². The lowest BCUT2D eigenvalue weighted by molar-refractivity contribution is 0.101. The molecule has 154 valence electrons. The number of ketones is 1. The molecular weight excluding hydrogens is 397 g/mol. The summed E-state index contributed by atoms with van der Waals surface area (Å²) < 4.78 is 14.7. The van der Waals surface area contributed by atoms with Crippen molar-refractivity contribution in [1.82, 2.24) is 9.55 Å². The summed E-state index contributed by atoms with van der Waals surface area (Å²) in [7, 11) is 0. The summed E-state index contributed by atoms with van der Waals surface area (Å²) in [5.41, 5.74) is 1.41. The van der Waals surface area contributed by atoms with E-state index in [0.29, 0.717) is 27.8 Å². The van der Waals surface area contributed by atoms with E-state index in [9.17, 15) is 18.8 Å². The van der Waals surface area contributed by atoms with Crippen molar-refractivity contribution in [2.45, 2.75) is 13.5 Å². The van der Waals surface area contributed by atoms with Gasteiger partial charge in [0.15, 0.2) is 5.78 Å². The number of benzene rings is 2. The van der Waals surface area contributed by atoms with Gasteiger partial charge in [0.1, 0.15) is 17.0 Å². The molecule has 0 radical (unpaired) electrons. The summed E-state index contributed by atoms with van der Waals surface area (Å²) in [4.78, 5) is 42.0. The Morgan fingerprint density at radius 3 is 2.55 bits per heavy atom. The van der Waals surface area contributed by atoms with Crippen molar-refractivity contribution in [3.63, 3.8) is 0 Å². The molecule has 0 aliphatic heterocycles. The molecule has 0 atom stereocenters. The average molecular weight is 415 g/mol. The van der Waals surface area contributed by atoms with Gasteiger partial charge in [0, 0.05) is 22.8 Å². The van der Waals surface area contributed by atoms with Crippen molar-refractivity contribution in [2.75, 3.05) is 5.32 Å². The lowest BCUT2D eigenvalue weighted by Crippen LogP contribution is -2.30. The highest BCUT2D eigenvalue weighted by atomic mass is 19.1. The minimum Gasteiger partial charge on any atom is -0.322 e. The number of amides is 1. The van der Waals surface area contributed by atoms with Crippen molar-refractivity contribution in [3.8, 4) is 0 Å². The minimum atomic E-state index is -0.593. The zero-order valence-electron chi connectivity index (χ0n) is 16.6. The number of anilines is 1. The summed E-state index contributed by atoms with van der Waals surface area (Å²) in [5.74, 6) is -1.10. The van der Waals surface area contributed by atoms with E-state index < -0.39 is 11.5 Å². The Balaban J connectivity index is 1.76. The van der Waals surface area contributed by atoms with Crippen LogP contribution in [-0.4, -0.2) is 21.2 Å². The first-order chi connectivity index (χ1) is 14.9. The number of carbonyl (C=O) groups excluding carboxylic acids is 2. The second kappa shape index (κ2) is 8.31. The van der Waals surface area contributed by atoms with Crippen LogP contribution in [0.15, 0.2) is 77.7 Å². The summed E-state index contributed by atoms with van der Waals surface area (Å²) >= 11 is 0. The van der Waals surface area contributed by atoms with Gasteiger partial charge in [-0.1, -0.05) is 24.3 Å². The molecule has 7 heteroatoms. The van der Waals surface area contributed by atoms with Gasteiger partial charge in [-0.15, -0.1) is 0 Å². The summed E-state index contributed by atoms with van der Waals surface area (Å²) in [6, 6.07) is 17.3. The maximum atomic E-state index is 13.3. The fourth-order valence-corrected chi connectivity index (χ4v) is 3.30. The third-order valence-corrected chi connectivity index (χ3v) is 4.87. The zero-order valence-corrected chi connectivity index (χ0v) is 16.6. The molecule has 0 saturated heterocycles. The molecule has 4 aromatic rings. The molecule has 0 saturated carbocycles. The average Bonchev–Trinajstić information content (AvgIpc) is 2.77. The first-order valence-electron chi connectivity index (χ1n) is 9.58. The van der Waals surface area contributed by atoms with E-state index in [1.807, 2.05) is 0 Å². The van der Waals surface area contributed by atoms with Crippen LogP contribution in [0.25, 0.3) is 11.0 Å². The fraction of sp³-hybridized carbons (Fsp3) is 0.0833. The van der Waals surface area contributed by atoms with Gasteiger partial charge >= 0.3 is 0 Å². The fourth-order valence-electron chi connectivity index (χ4n) is 3.30. The number of carbonyl (C=O) groups is 2. The zero-order chi connectivity index (χ0) is 22.0. The van der Waals surface area contributed by atoms with Crippen LogP contribution in [0.1, 0.15) is 33.2 Å². The number of nitrogens with one attached hydrogen (secondary N) is 1. The monoisotopic (exact) mass is 415 g/mol. The van der Waals surface area contributed by atoms with Crippen molar-refractivity contribution < 1.29 is 14.0 Å². The number of halogens is 1. The van der Waals surface area contributed by atoms with Crippen LogP contribution in [0.3, 0.4) is 0 Å². The molecule has 6 nitrogen and oxygen atoms in total. The predicted molar refractivity (Wildman–Crippen MR) is 116 cm³/mol. The molecule has 4 rings (SSSR count). The van der Waals surface area contributed by atoms with Gasteiger partial charge < -0.3 is 5.32 Å². The Morgan fingerprint density at radius 1 is 1.03 bits per heavy atom. The standard InChI is InChI=1S/C24H18FN3O3/c1-15(29)17-4-2-6-20(12-17)27-23(30)21-13-18-5-3-11-26-22(18)28(24(21)31)14-16-7-9-19(25)10-8-16/h2-13H,14H2,1H3,(H,27,30). The number of rotatable bonds is 5. The molecular formula is C24H18FN3O3. The third kappa shape index (κ3) is 4.25. The van der Waals surface area contributed by atoms with Gasteiger partial charge in [-0.05, 0) is 55.0 Å². The quantitative estimate of drug-likeness (QED) is 0.499. The van der Waals surface area contributed by atoms with Crippen LogP contribution in [0.2, 0.25) is 0 Å². The minimum absolute atomic E-state index is 0.0594. The molecule has 1 amide bonds. The topological polar surface area (TPSA) is 81.1 Å². The molecule has 0 aliphatic carbocycles. The normalized spacial score (nSPS) is 10.8. The van der Waals surface area contributed by atoms with Gasteiger partial charge in [0.25, 0.3) is 11.5 Å². The van der Waals surface area contributed by atoms with Crippen LogP contribution < -0.4 is 10.9 Å². The van der Waals surface area contributed by atoms with Gasteiger partial charge in [0.2, 0.25) is 0 Å². The highest BCUT2D eigenvalue weighted by Crippen LogP contribution is 2.16. The van der Waals surface area contributed by atoms with Gasteiger partial charge in [0.05, 0.1) is 6.54 Å². The van der Waals surface area contributed by atoms with E-state index in [-0.39, 0.29) is 23.7 Å². The first-order valence-corrected chi connectivity index (χ1v) is 9.58. The highest BCUT2D eigenvalue weighted by Gasteiger charge is 2.17. The summed E-state index contributed by atoms with van der Waals surface area (Å²) in [6.07, 6.45) is 1.57. The van der Waals surface area contributed by atoms with Gasteiger partial charge in [-0.2, -0.15) is 0 Å². The van der Waals surface area contributed by atoms with Crippen LogP contribution in [-0.2, 0) is 6.54 Å². The van der Waals surface area contributed by atoms with Crippen LogP contribution in [0.5, 0.6) is 0 Å². The van der Waals surface area contributed by atoms with E-state index in [1.165, 1.54) is 29.7 Å². The Labute approximate surface area is 177 Å². The second-order valence-electron chi connectivity index (χ2n) is 7.08. The van der Waals surface area contributed by atoms with E-state index in [4.69, 9.17) is 0 Å². The molecule has 2 aromatic heterocycles. The van der Waals surface area contributed by atoms with Crippen LogP contribution in [0, 0.1) is 5.82 Å².